The minimum Gasteiger partial charge on any atom is -0.421 e. The predicted molar refractivity (Wildman–Crippen MR) is 142 cm³/mol. The van der Waals surface area contributed by atoms with Gasteiger partial charge in [-0.25, -0.2) is 15.0 Å². The number of nitrogens with one attached hydrogen (secondary N) is 1. The Labute approximate surface area is 217 Å². The number of para-hydroxylation sites is 1. The van der Waals surface area contributed by atoms with E-state index in [1.807, 2.05) is 37.3 Å². The molecule has 11 nitrogen and oxygen atoms in total. The molecule has 0 saturated carbocycles. The molecule has 0 aliphatic carbocycles. The van der Waals surface area contributed by atoms with Gasteiger partial charge in [0.25, 0.3) is 11.4 Å². The molecular formula is C27H24N8O3. The Kier molecular flexibility index (Phi) is 6.80. The average molecular weight is 509 g/mol. The molecule has 0 bridgehead atoms. The Morgan fingerprint density at radius 1 is 1.13 bits per heavy atom. The smallest absolute Gasteiger partial charge is 0.267 e. The van der Waals surface area contributed by atoms with Gasteiger partial charge in [-0.2, -0.15) is 0 Å². The van der Waals surface area contributed by atoms with Gasteiger partial charge in [-0.15, -0.1) is 10.2 Å². The maximum Gasteiger partial charge on any atom is 0.267 e. The Morgan fingerprint density at radius 3 is 2.66 bits per heavy atom. The summed E-state index contributed by atoms with van der Waals surface area (Å²) in [7, 11) is 0. The number of hydrogen-bond donors (Lipinski definition) is 3. The van der Waals surface area contributed by atoms with Gasteiger partial charge in [-0.05, 0) is 30.7 Å². The van der Waals surface area contributed by atoms with Crippen molar-refractivity contribution in [2.45, 2.75) is 26.3 Å². The Balaban J connectivity index is 1.72. The molecule has 38 heavy (non-hydrogen) atoms. The summed E-state index contributed by atoms with van der Waals surface area (Å²) in [6, 6.07) is 14.1. The largest absolute Gasteiger partial charge is 0.421 e. The molecule has 1 atom stereocenters. The second kappa shape index (κ2) is 10.5. The summed E-state index contributed by atoms with van der Waals surface area (Å²) in [5.74, 6) is 7.04. The number of aryl methyl sites for hydroxylation is 1. The zero-order chi connectivity index (χ0) is 26.6. The van der Waals surface area contributed by atoms with Gasteiger partial charge in [0.2, 0.25) is 5.89 Å². The first-order valence-corrected chi connectivity index (χ1v) is 11.9. The molecule has 3 aromatic heterocycles. The van der Waals surface area contributed by atoms with Crippen LogP contribution in [-0.4, -0.2) is 41.4 Å². The Hall–Kier alpha value is -5.08. The monoisotopic (exact) mass is 508 g/mol. The molecule has 4 N–H and O–H groups in total. The van der Waals surface area contributed by atoms with E-state index in [0.717, 1.165) is 0 Å². The van der Waals surface area contributed by atoms with Crippen molar-refractivity contribution in [3.63, 3.8) is 0 Å². The first-order valence-electron chi connectivity index (χ1n) is 11.9. The van der Waals surface area contributed by atoms with Crippen molar-refractivity contribution in [3.05, 3.63) is 82.5 Å². The standard InChI is InChI=1S/C27H24N8O3/c1-3-19(31-24-22(23(28)29-15-30-24)26-34-33-16(2)38-26)25-32-20-13-7-9-17(10-8-14-36)21(20)27(37)35(25)18-11-5-4-6-12-18/h4-7,9,11-13,15,19,36H,3,14H2,1-2H3,(H3,28,29,30,31)/t19-/m0/s1. The lowest BCUT2D eigenvalue weighted by atomic mass is 10.1. The lowest BCUT2D eigenvalue weighted by Crippen LogP contribution is -2.29. The number of rotatable bonds is 6. The van der Waals surface area contributed by atoms with Crippen LogP contribution < -0.4 is 16.6 Å². The van der Waals surface area contributed by atoms with Crippen molar-refractivity contribution in [1.29, 1.82) is 0 Å². The molecular weight excluding hydrogens is 484 g/mol. The van der Waals surface area contributed by atoms with Crippen LogP contribution in [0.3, 0.4) is 0 Å². The molecule has 0 amide bonds. The number of nitrogen functional groups attached to an aromatic ring is 1. The van der Waals surface area contributed by atoms with Crippen molar-refractivity contribution in [1.82, 2.24) is 29.7 Å². The molecule has 190 valence electrons. The zero-order valence-electron chi connectivity index (χ0n) is 20.7. The van der Waals surface area contributed by atoms with Crippen LogP contribution in [0.5, 0.6) is 0 Å². The van der Waals surface area contributed by atoms with Crippen molar-refractivity contribution < 1.29 is 9.52 Å². The summed E-state index contributed by atoms with van der Waals surface area (Å²) in [6.07, 6.45) is 1.88. The number of nitrogens with zero attached hydrogens (tertiary/aromatic N) is 6. The summed E-state index contributed by atoms with van der Waals surface area (Å²) in [4.78, 5) is 27.4. The van der Waals surface area contributed by atoms with Gasteiger partial charge in [-0.1, -0.05) is 43.0 Å². The number of hydrogen-bond acceptors (Lipinski definition) is 10. The highest BCUT2D eigenvalue weighted by Crippen LogP contribution is 2.33. The Morgan fingerprint density at radius 2 is 1.95 bits per heavy atom. The quantitative estimate of drug-likeness (QED) is 0.291. The molecule has 0 aliphatic heterocycles. The van der Waals surface area contributed by atoms with E-state index in [4.69, 9.17) is 15.1 Å². The number of aliphatic hydroxyl groups excluding tert-OH is 1. The molecule has 5 aromatic rings. The number of aliphatic hydroxyl groups is 1. The van der Waals surface area contributed by atoms with E-state index < -0.39 is 6.04 Å². The van der Waals surface area contributed by atoms with E-state index in [1.165, 1.54) is 6.33 Å². The van der Waals surface area contributed by atoms with Crippen molar-refractivity contribution in [2.24, 2.45) is 0 Å². The highest BCUT2D eigenvalue weighted by molar-refractivity contribution is 5.85. The number of anilines is 2. The Bertz CT molecular complexity index is 1730. The molecule has 0 saturated heterocycles. The second-order valence-electron chi connectivity index (χ2n) is 8.32. The third-order valence-corrected chi connectivity index (χ3v) is 5.89. The van der Waals surface area contributed by atoms with Gasteiger partial charge < -0.3 is 20.6 Å². The SMILES string of the molecule is CC[C@H](Nc1ncnc(N)c1-c1nnc(C)o1)c1nc2cccc(C#CCO)c2c(=O)n1-c1ccccc1. The van der Waals surface area contributed by atoms with Gasteiger partial charge in [0.1, 0.15) is 36.0 Å². The summed E-state index contributed by atoms with van der Waals surface area (Å²) < 4.78 is 7.17. The predicted octanol–water partition coefficient (Wildman–Crippen LogP) is 3.02. The molecule has 0 aliphatic rings. The first-order chi connectivity index (χ1) is 18.5. The van der Waals surface area contributed by atoms with E-state index >= 15 is 0 Å². The zero-order valence-corrected chi connectivity index (χ0v) is 20.7. The number of benzene rings is 2. The highest BCUT2D eigenvalue weighted by atomic mass is 16.4. The van der Waals surface area contributed by atoms with Crippen LogP contribution in [0.25, 0.3) is 28.0 Å². The molecule has 11 heteroatoms. The summed E-state index contributed by atoms with van der Waals surface area (Å²) in [5, 5.41) is 20.9. The minimum atomic E-state index is -0.475. The van der Waals surface area contributed by atoms with Gasteiger partial charge in [0.15, 0.2) is 0 Å². The minimum absolute atomic E-state index is 0.167. The molecule has 3 heterocycles. The van der Waals surface area contributed by atoms with E-state index in [2.05, 4.69) is 37.3 Å². The molecule has 0 fully saturated rings. The number of nitrogens with two attached hydrogens (primary N) is 1. The molecule has 0 unspecified atom stereocenters. The third kappa shape index (κ3) is 4.56. The normalized spacial score (nSPS) is 11.7. The van der Waals surface area contributed by atoms with Gasteiger partial charge in [0.05, 0.1) is 22.6 Å². The molecule has 0 radical (unpaired) electrons. The highest BCUT2D eigenvalue weighted by Gasteiger charge is 2.25. The van der Waals surface area contributed by atoms with Gasteiger partial charge >= 0.3 is 0 Å². The van der Waals surface area contributed by atoms with Crippen LogP contribution in [0, 0.1) is 18.8 Å². The fourth-order valence-electron chi connectivity index (χ4n) is 4.18. The van der Waals surface area contributed by atoms with Crippen molar-refractivity contribution in [2.75, 3.05) is 17.7 Å². The fourth-order valence-corrected chi connectivity index (χ4v) is 4.18. The van der Waals surface area contributed by atoms with Crippen LogP contribution in [0.1, 0.15) is 36.7 Å². The summed E-state index contributed by atoms with van der Waals surface area (Å²) >= 11 is 0. The lowest BCUT2D eigenvalue weighted by molar-refractivity contribution is 0.350. The lowest BCUT2D eigenvalue weighted by Gasteiger charge is -2.23. The summed E-state index contributed by atoms with van der Waals surface area (Å²) in [5.41, 5.74) is 7.87. The third-order valence-electron chi connectivity index (χ3n) is 5.89. The van der Waals surface area contributed by atoms with Crippen molar-refractivity contribution in [3.8, 4) is 29.0 Å². The second-order valence-corrected chi connectivity index (χ2v) is 8.32. The maximum atomic E-state index is 14.0. The topological polar surface area (TPSA) is 158 Å². The van der Waals surface area contributed by atoms with E-state index in [0.29, 0.717) is 51.7 Å². The van der Waals surface area contributed by atoms with Gasteiger partial charge in [-0.3, -0.25) is 9.36 Å². The van der Waals surface area contributed by atoms with E-state index in [1.54, 1.807) is 29.7 Å². The van der Waals surface area contributed by atoms with Crippen molar-refractivity contribution >= 4 is 22.5 Å². The van der Waals surface area contributed by atoms with Crippen LogP contribution in [-0.2, 0) is 0 Å². The van der Waals surface area contributed by atoms with E-state index in [-0.39, 0.29) is 23.9 Å². The fraction of sp³-hybridized carbons (Fsp3) is 0.185. The van der Waals surface area contributed by atoms with E-state index in [9.17, 15) is 9.90 Å². The van der Waals surface area contributed by atoms with Crippen LogP contribution >= 0.6 is 0 Å². The maximum absolute atomic E-state index is 14.0. The molecule has 0 spiro atoms. The number of aromatic nitrogens is 6. The molecule has 2 aromatic carbocycles. The van der Waals surface area contributed by atoms with Crippen LogP contribution in [0.2, 0.25) is 0 Å². The van der Waals surface area contributed by atoms with Crippen LogP contribution in [0.15, 0.2) is 64.1 Å². The average Bonchev–Trinajstić information content (AvgIpc) is 3.36. The summed E-state index contributed by atoms with van der Waals surface area (Å²) in [6.45, 7) is 3.32. The molecule has 5 rings (SSSR count). The first kappa shape index (κ1) is 24.6. The van der Waals surface area contributed by atoms with Crippen LogP contribution in [0.4, 0.5) is 11.6 Å². The number of fused-ring (bicyclic) bond motifs is 1. The van der Waals surface area contributed by atoms with Gasteiger partial charge in [0, 0.05) is 12.5 Å².